The molecule has 2 bridgehead atoms. The lowest BCUT2D eigenvalue weighted by atomic mass is 9.60. The molecule has 2 aliphatic heterocycles. The van der Waals surface area contributed by atoms with Crippen LogP contribution >= 0.6 is 0 Å². The van der Waals surface area contributed by atoms with Crippen molar-refractivity contribution in [1.29, 1.82) is 0 Å². The predicted octanol–water partition coefficient (Wildman–Crippen LogP) is 2.25. The van der Waals surface area contributed by atoms with Crippen LogP contribution in [0.5, 0.6) is 5.88 Å². The summed E-state index contributed by atoms with van der Waals surface area (Å²) in [6.45, 7) is 0.413. The maximum Gasteiger partial charge on any atom is 0.218 e. The summed E-state index contributed by atoms with van der Waals surface area (Å²) >= 11 is 0. The van der Waals surface area contributed by atoms with E-state index in [1.54, 1.807) is 19.2 Å². The number of aromatic amines is 1. The summed E-state index contributed by atoms with van der Waals surface area (Å²) in [4.78, 5) is 23.4. The molecular weight excluding hydrogens is 422 g/mol. The molecular formula is C23H33N7O3. The Morgan fingerprint density at radius 2 is 2.15 bits per heavy atom. The SMILES string of the molecule is COc1cc(Nc2cc(CO)[nH]n2)nc(CNC2CC3CCCC(C4CCC4)(C2)N3C=O)n1. The van der Waals surface area contributed by atoms with Gasteiger partial charge < -0.3 is 25.4 Å². The number of nitrogens with zero attached hydrogens (tertiary/aromatic N) is 4. The molecule has 3 atom stereocenters. The second-order valence-electron chi connectivity index (χ2n) is 9.58. The fourth-order valence-electron chi connectivity index (χ4n) is 6.02. The second kappa shape index (κ2) is 9.26. The maximum absolute atomic E-state index is 12.0. The molecule has 2 saturated heterocycles. The highest BCUT2D eigenvalue weighted by Gasteiger charge is 2.53. The molecule has 1 saturated carbocycles. The minimum absolute atomic E-state index is 0.0190. The van der Waals surface area contributed by atoms with Crippen molar-refractivity contribution in [3.63, 3.8) is 0 Å². The van der Waals surface area contributed by atoms with Crippen LogP contribution in [0, 0.1) is 5.92 Å². The number of H-pyrrole nitrogens is 1. The lowest BCUT2D eigenvalue weighted by Gasteiger charge is -2.61. The van der Waals surface area contributed by atoms with Gasteiger partial charge in [0.15, 0.2) is 5.82 Å². The summed E-state index contributed by atoms with van der Waals surface area (Å²) in [6, 6.07) is 4.10. The lowest BCUT2D eigenvalue weighted by Crippen LogP contribution is -2.67. The van der Waals surface area contributed by atoms with Crippen LogP contribution in [0.25, 0.3) is 0 Å². The van der Waals surface area contributed by atoms with Crippen LogP contribution in [0.15, 0.2) is 12.1 Å². The van der Waals surface area contributed by atoms with Gasteiger partial charge in [0.05, 0.1) is 26.0 Å². The third kappa shape index (κ3) is 4.29. The Kier molecular flexibility index (Phi) is 6.20. The molecule has 2 aromatic heterocycles. The van der Waals surface area contributed by atoms with Gasteiger partial charge in [-0.3, -0.25) is 9.89 Å². The molecule has 0 radical (unpaired) electrons. The van der Waals surface area contributed by atoms with Gasteiger partial charge in [-0.2, -0.15) is 10.1 Å². The first kappa shape index (κ1) is 22.1. The number of rotatable bonds is 9. The Bertz CT molecular complexity index is 979. The number of piperidine rings is 2. The lowest BCUT2D eigenvalue weighted by molar-refractivity contribution is -0.147. The summed E-state index contributed by atoms with van der Waals surface area (Å²) in [5.74, 6) is 2.89. The second-order valence-corrected chi connectivity index (χ2v) is 9.58. The average molecular weight is 456 g/mol. The number of methoxy groups -OCH3 is 1. The van der Waals surface area contributed by atoms with E-state index in [4.69, 9.17) is 4.74 Å². The molecule has 33 heavy (non-hydrogen) atoms. The van der Waals surface area contributed by atoms with E-state index in [0.29, 0.717) is 53.6 Å². The van der Waals surface area contributed by atoms with Gasteiger partial charge in [-0.25, -0.2) is 4.98 Å². The van der Waals surface area contributed by atoms with Gasteiger partial charge in [0.1, 0.15) is 11.6 Å². The van der Waals surface area contributed by atoms with Crippen molar-refractivity contribution in [3.8, 4) is 5.88 Å². The van der Waals surface area contributed by atoms with E-state index in [1.165, 1.54) is 25.7 Å². The fraction of sp³-hybridized carbons (Fsp3) is 0.652. The van der Waals surface area contributed by atoms with Gasteiger partial charge in [-0.1, -0.05) is 6.42 Å². The first-order chi connectivity index (χ1) is 16.1. The molecule has 5 rings (SSSR count). The van der Waals surface area contributed by atoms with Gasteiger partial charge in [-0.15, -0.1) is 0 Å². The zero-order valence-corrected chi connectivity index (χ0v) is 19.1. The van der Waals surface area contributed by atoms with Gasteiger partial charge in [0.2, 0.25) is 12.3 Å². The number of carbonyl (C=O) groups is 1. The average Bonchev–Trinajstić information content (AvgIpc) is 3.23. The molecule has 1 amide bonds. The van der Waals surface area contributed by atoms with Crippen molar-refractivity contribution < 1.29 is 14.6 Å². The van der Waals surface area contributed by atoms with Crippen molar-refractivity contribution in [3.05, 3.63) is 23.7 Å². The zero-order chi connectivity index (χ0) is 22.8. The molecule has 2 aromatic rings. The number of carbonyl (C=O) groups excluding carboxylic acids is 1. The number of nitrogens with one attached hydrogen (secondary N) is 3. The number of amides is 1. The molecule has 0 aromatic carbocycles. The summed E-state index contributed by atoms with van der Waals surface area (Å²) in [5.41, 5.74) is 0.638. The van der Waals surface area contributed by atoms with E-state index < -0.39 is 0 Å². The van der Waals surface area contributed by atoms with Crippen LogP contribution in [0.3, 0.4) is 0 Å². The zero-order valence-electron chi connectivity index (χ0n) is 19.1. The minimum Gasteiger partial charge on any atom is -0.481 e. The number of aliphatic hydroxyl groups excluding tert-OH is 1. The molecule has 10 heteroatoms. The molecule has 4 N–H and O–H groups in total. The summed E-state index contributed by atoms with van der Waals surface area (Å²) < 4.78 is 5.38. The number of fused-ring (bicyclic) bond motifs is 2. The first-order valence-corrected chi connectivity index (χ1v) is 11.9. The van der Waals surface area contributed by atoms with Crippen molar-refractivity contribution in [2.45, 2.75) is 82.1 Å². The van der Waals surface area contributed by atoms with Crippen molar-refractivity contribution in [2.75, 3.05) is 12.4 Å². The van der Waals surface area contributed by atoms with Crippen LogP contribution in [-0.4, -0.2) is 61.3 Å². The number of hydrogen-bond acceptors (Lipinski definition) is 8. The number of hydrogen-bond donors (Lipinski definition) is 4. The first-order valence-electron chi connectivity index (χ1n) is 11.9. The highest BCUT2D eigenvalue weighted by molar-refractivity contribution is 5.53. The third-order valence-corrected chi connectivity index (χ3v) is 7.75. The van der Waals surface area contributed by atoms with E-state index in [-0.39, 0.29) is 12.1 Å². The van der Waals surface area contributed by atoms with Crippen LogP contribution in [0.2, 0.25) is 0 Å². The summed E-state index contributed by atoms with van der Waals surface area (Å²) in [6.07, 6.45) is 10.3. The summed E-state index contributed by atoms with van der Waals surface area (Å²) in [7, 11) is 1.58. The Hall–Kier alpha value is -2.72. The summed E-state index contributed by atoms with van der Waals surface area (Å²) in [5, 5.41) is 22.9. The molecule has 178 valence electrons. The quantitative estimate of drug-likeness (QED) is 0.424. The van der Waals surface area contributed by atoms with E-state index in [0.717, 1.165) is 32.1 Å². The van der Waals surface area contributed by atoms with Crippen LogP contribution in [0.1, 0.15) is 62.9 Å². The van der Waals surface area contributed by atoms with E-state index >= 15 is 0 Å². The van der Waals surface area contributed by atoms with Gasteiger partial charge in [0.25, 0.3) is 0 Å². The van der Waals surface area contributed by atoms with Crippen LogP contribution < -0.4 is 15.4 Å². The molecule has 3 fully saturated rings. The molecule has 1 aliphatic carbocycles. The third-order valence-electron chi connectivity index (χ3n) is 7.75. The monoisotopic (exact) mass is 455 g/mol. The highest BCUT2D eigenvalue weighted by atomic mass is 16.5. The Labute approximate surface area is 193 Å². The van der Waals surface area contributed by atoms with Crippen molar-refractivity contribution >= 4 is 18.0 Å². The van der Waals surface area contributed by atoms with Gasteiger partial charge in [-0.05, 0) is 50.9 Å². The Morgan fingerprint density at radius 3 is 2.85 bits per heavy atom. The number of ether oxygens (including phenoxy) is 1. The number of anilines is 2. The largest absolute Gasteiger partial charge is 0.481 e. The van der Waals surface area contributed by atoms with Crippen LogP contribution in [-0.2, 0) is 17.9 Å². The predicted molar refractivity (Wildman–Crippen MR) is 122 cm³/mol. The smallest absolute Gasteiger partial charge is 0.218 e. The molecule has 3 unspecified atom stereocenters. The number of aliphatic hydroxyl groups is 1. The van der Waals surface area contributed by atoms with E-state index in [9.17, 15) is 9.90 Å². The van der Waals surface area contributed by atoms with Gasteiger partial charge in [0, 0.05) is 29.8 Å². The van der Waals surface area contributed by atoms with Crippen molar-refractivity contribution in [2.24, 2.45) is 5.92 Å². The standard InChI is InChI=1S/C23H33N7O3/c1-33-22-10-19(25-20-9-17(13-31)28-29-20)26-21(27-22)12-24-16-8-18-6-3-7-23(11-16,30(18)14-32)15-4-2-5-15/h9-10,14-16,18,24,31H,2-8,11-13H2,1H3,(H2,25,26,27,28,29). The topological polar surface area (TPSA) is 128 Å². The minimum atomic E-state index is -0.108. The van der Waals surface area contributed by atoms with E-state index in [2.05, 4.69) is 35.7 Å². The molecule has 0 spiro atoms. The highest BCUT2D eigenvalue weighted by Crippen LogP contribution is 2.51. The Morgan fingerprint density at radius 1 is 1.27 bits per heavy atom. The molecule has 4 heterocycles. The molecule has 3 aliphatic rings. The van der Waals surface area contributed by atoms with Gasteiger partial charge >= 0.3 is 0 Å². The Balaban J connectivity index is 1.29. The van der Waals surface area contributed by atoms with Crippen LogP contribution in [0.4, 0.5) is 11.6 Å². The molecule has 10 nitrogen and oxygen atoms in total. The normalized spacial score (nSPS) is 27.2. The maximum atomic E-state index is 12.0. The fourth-order valence-corrected chi connectivity index (χ4v) is 6.02. The van der Waals surface area contributed by atoms with Crippen molar-refractivity contribution in [1.82, 2.24) is 30.4 Å². The van der Waals surface area contributed by atoms with E-state index in [1.807, 2.05) is 0 Å². The number of aromatic nitrogens is 4.